The maximum Gasteiger partial charge on any atom is 0.244 e. The van der Waals surface area contributed by atoms with E-state index in [1.54, 1.807) is 0 Å². The van der Waals surface area contributed by atoms with E-state index >= 15 is 0 Å². The van der Waals surface area contributed by atoms with Gasteiger partial charge in [0.05, 0.1) is 12.6 Å². The summed E-state index contributed by atoms with van der Waals surface area (Å²) in [4.78, 5) is 28.0. The van der Waals surface area contributed by atoms with Crippen molar-refractivity contribution in [1.82, 2.24) is 10.2 Å². The lowest BCUT2D eigenvalue weighted by Crippen LogP contribution is -2.53. The van der Waals surface area contributed by atoms with Crippen molar-refractivity contribution in [2.45, 2.75) is 25.8 Å². The van der Waals surface area contributed by atoms with Crippen LogP contribution >= 0.6 is 0 Å². The smallest absolute Gasteiger partial charge is 0.244 e. The predicted molar refractivity (Wildman–Crippen MR) is 83.1 cm³/mol. The number of piperidine rings is 1. The van der Waals surface area contributed by atoms with Gasteiger partial charge in [-0.25, -0.2) is 0 Å². The van der Waals surface area contributed by atoms with E-state index < -0.39 is 0 Å². The standard InChI is InChI=1S/C16H23N3O2/c1-3-17-15(20)12-18(2)14-10-7-11-19(16(14)21)13-8-5-4-6-9-13/h4-6,8-9,14H,3,7,10-12H2,1-2H3,(H,17,20). The molecule has 1 saturated heterocycles. The molecule has 5 nitrogen and oxygen atoms in total. The van der Waals surface area contributed by atoms with Crippen molar-refractivity contribution in [2.75, 3.05) is 31.6 Å². The fourth-order valence-corrected chi connectivity index (χ4v) is 2.72. The fraction of sp³-hybridized carbons (Fsp3) is 0.500. The number of nitrogens with zero attached hydrogens (tertiary/aromatic N) is 2. The zero-order valence-corrected chi connectivity index (χ0v) is 12.7. The molecule has 1 N–H and O–H groups in total. The molecule has 1 fully saturated rings. The van der Waals surface area contributed by atoms with Gasteiger partial charge in [-0.3, -0.25) is 14.5 Å². The molecule has 0 aromatic heterocycles. The first-order valence-electron chi connectivity index (χ1n) is 7.47. The summed E-state index contributed by atoms with van der Waals surface area (Å²) < 4.78 is 0. The van der Waals surface area contributed by atoms with Crippen LogP contribution < -0.4 is 10.2 Å². The third-order valence-corrected chi connectivity index (χ3v) is 3.78. The van der Waals surface area contributed by atoms with E-state index in [1.807, 2.05) is 54.1 Å². The minimum atomic E-state index is -0.221. The second-order valence-corrected chi connectivity index (χ2v) is 5.35. The fourth-order valence-electron chi connectivity index (χ4n) is 2.72. The maximum absolute atomic E-state index is 12.7. The van der Waals surface area contributed by atoms with Gasteiger partial charge in [-0.2, -0.15) is 0 Å². The summed E-state index contributed by atoms with van der Waals surface area (Å²) in [7, 11) is 1.84. The minimum Gasteiger partial charge on any atom is -0.355 e. The molecule has 1 aliphatic rings. The number of anilines is 1. The van der Waals surface area contributed by atoms with E-state index in [1.165, 1.54) is 0 Å². The Hall–Kier alpha value is -1.88. The minimum absolute atomic E-state index is 0.0374. The normalized spacial score (nSPS) is 18.9. The van der Waals surface area contributed by atoms with Crippen LogP contribution in [0.3, 0.4) is 0 Å². The Morgan fingerprint density at radius 2 is 2.10 bits per heavy atom. The molecule has 2 rings (SSSR count). The Balaban J connectivity index is 2.04. The zero-order valence-electron chi connectivity index (χ0n) is 12.7. The van der Waals surface area contributed by atoms with E-state index in [4.69, 9.17) is 0 Å². The number of nitrogens with one attached hydrogen (secondary N) is 1. The van der Waals surface area contributed by atoms with Crippen LogP contribution in [0.5, 0.6) is 0 Å². The van der Waals surface area contributed by atoms with Crippen LogP contribution in [-0.4, -0.2) is 49.4 Å². The van der Waals surface area contributed by atoms with Crippen LogP contribution in [0, 0.1) is 0 Å². The van der Waals surface area contributed by atoms with Crippen molar-refractivity contribution in [3.8, 4) is 0 Å². The van der Waals surface area contributed by atoms with Crippen LogP contribution in [-0.2, 0) is 9.59 Å². The maximum atomic E-state index is 12.7. The van der Waals surface area contributed by atoms with E-state index in [9.17, 15) is 9.59 Å². The highest BCUT2D eigenvalue weighted by Crippen LogP contribution is 2.22. The number of likely N-dealkylation sites (N-methyl/N-ethyl adjacent to an activating group) is 2. The molecule has 5 heteroatoms. The van der Waals surface area contributed by atoms with Crippen LogP contribution in [0.1, 0.15) is 19.8 Å². The molecule has 2 amide bonds. The summed E-state index contributed by atoms with van der Waals surface area (Å²) in [5, 5.41) is 2.77. The third-order valence-electron chi connectivity index (χ3n) is 3.78. The largest absolute Gasteiger partial charge is 0.355 e. The van der Waals surface area contributed by atoms with Gasteiger partial charge in [-0.15, -0.1) is 0 Å². The van der Waals surface area contributed by atoms with Gasteiger partial charge >= 0.3 is 0 Å². The number of hydrogen-bond donors (Lipinski definition) is 1. The average molecular weight is 289 g/mol. The summed E-state index contributed by atoms with van der Waals surface area (Å²) in [6.07, 6.45) is 1.75. The molecule has 1 atom stereocenters. The molecule has 0 radical (unpaired) electrons. The number of amides is 2. The second kappa shape index (κ2) is 7.22. The number of para-hydroxylation sites is 1. The first-order chi connectivity index (χ1) is 10.1. The number of carbonyl (C=O) groups is 2. The molecular weight excluding hydrogens is 266 g/mol. The number of carbonyl (C=O) groups excluding carboxylic acids is 2. The molecule has 1 aromatic carbocycles. The molecule has 21 heavy (non-hydrogen) atoms. The van der Waals surface area contributed by atoms with Gasteiger partial charge in [0, 0.05) is 18.8 Å². The number of rotatable bonds is 5. The lowest BCUT2D eigenvalue weighted by atomic mass is 10.0. The van der Waals surface area contributed by atoms with Crippen LogP contribution in [0.4, 0.5) is 5.69 Å². The molecule has 0 aliphatic carbocycles. The van der Waals surface area contributed by atoms with Gasteiger partial charge in [0.15, 0.2) is 0 Å². The number of hydrogen-bond acceptors (Lipinski definition) is 3. The summed E-state index contributed by atoms with van der Waals surface area (Å²) in [5.41, 5.74) is 0.929. The number of benzene rings is 1. The topological polar surface area (TPSA) is 52.7 Å². The first kappa shape index (κ1) is 15.5. The van der Waals surface area contributed by atoms with E-state index in [-0.39, 0.29) is 24.4 Å². The first-order valence-corrected chi connectivity index (χ1v) is 7.47. The predicted octanol–water partition coefficient (Wildman–Crippen LogP) is 1.25. The van der Waals surface area contributed by atoms with E-state index in [0.29, 0.717) is 6.54 Å². The molecule has 1 aliphatic heterocycles. The van der Waals surface area contributed by atoms with Crippen molar-refractivity contribution in [1.29, 1.82) is 0 Å². The lowest BCUT2D eigenvalue weighted by molar-refractivity contribution is -0.127. The van der Waals surface area contributed by atoms with Crippen molar-refractivity contribution >= 4 is 17.5 Å². The average Bonchev–Trinajstić information content (AvgIpc) is 2.48. The SMILES string of the molecule is CCNC(=O)CN(C)C1CCCN(c2ccccc2)C1=O. The molecule has 1 aromatic rings. The van der Waals surface area contributed by atoms with Crippen molar-refractivity contribution in [3.05, 3.63) is 30.3 Å². The molecule has 0 saturated carbocycles. The third kappa shape index (κ3) is 3.82. The van der Waals surface area contributed by atoms with Gasteiger partial charge in [-0.05, 0) is 38.9 Å². The Kier molecular flexibility index (Phi) is 5.33. The highest BCUT2D eigenvalue weighted by molar-refractivity contribution is 5.98. The molecular formula is C16H23N3O2. The summed E-state index contributed by atoms with van der Waals surface area (Å²) in [5.74, 6) is 0.0453. The lowest BCUT2D eigenvalue weighted by Gasteiger charge is -2.36. The Bertz CT molecular complexity index is 490. The second-order valence-electron chi connectivity index (χ2n) is 5.35. The van der Waals surface area contributed by atoms with E-state index in [0.717, 1.165) is 25.1 Å². The summed E-state index contributed by atoms with van der Waals surface area (Å²) >= 11 is 0. The molecule has 0 spiro atoms. The van der Waals surface area contributed by atoms with Gasteiger partial charge in [0.2, 0.25) is 11.8 Å². The van der Waals surface area contributed by atoms with Gasteiger partial charge in [-0.1, -0.05) is 18.2 Å². The van der Waals surface area contributed by atoms with Crippen LogP contribution in [0.25, 0.3) is 0 Å². The highest BCUT2D eigenvalue weighted by Gasteiger charge is 2.32. The van der Waals surface area contributed by atoms with Crippen molar-refractivity contribution in [2.24, 2.45) is 0 Å². The Morgan fingerprint density at radius 1 is 1.38 bits per heavy atom. The molecule has 1 heterocycles. The van der Waals surface area contributed by atoms with Gasteiger partial charge in [0.1, 0.15) is 0 Å². The molecule has 0 bridgehead atoms. The highest BCUT2D eigenvalue weighted by atomic mass is 16.2. The molecule has 1 unspecified atom stereocenters. The summed E-state index contributed by atoms with van der Waals surface area (Å²) in [6, 6.07) is 9.49. The van der Waals surface area contributed by atoms with E-state index in [2.05, 4.69) is 5.32 Å². The van der Waals surface area contributed by atoms with Crippen LogP contribution in [0.15, 0.2) is 30.3 Å². The monoisotopic (exact) mass is 289 g/mol. The van der Waals surface area contributed by atoms with Gasteiger partial charge in [0.25, 0.3) is 0 Å². The Morgan fingerprint density at radius 3 is 2.76 bits per heavy atom. The zero-order chi connectivity index (χ0) is 15.2. The van der Waals surface area contributed by atoms with Crippen molar-refractivity contribution in [3.63, 3.8) is 0 Å². The van der Waals surface area contributed by atoms with Crippen LogP contribution in [0.2, 0.25) is 0 Å². The van der Waals surface area contributed by atoms with Gasteiger partial charge < -0.3 is 10.2 Å². The quantitative estimate of drug-likeness (QED) is 0.887. The molecule has 114 valence electrons. The van der Waals surface area contributed by atoms with Crippen molar-refractivity contribution < 1.29 is 9.59 Å². The Labute approximate surface area is 125 Å². The summed E-state index contributed by atoms with van der Waals surface area (Å²) in [6.45, 7) is 3.50.